The lowest BCUT2D eigenvalue weighted by Crippen LogP contribution is -2.18. The lowest BCUT2D eigenvalue weighted by Gasteiger charge is -2.09. The van der Waals surface area contributed by atoms with Crippen LogP contribution in [0.25, 0.3) is 27.7 Å². The standard InChI is InChI=1S/C28H21N5O3/c1-19-7-6-11-24(15-19)32-27(22-14-13-20-8-2-3-9-21(20)16-22)17-25(31-32)28(34)30-29-18-23-10-4-5-12-26(23)33(35)36/h2-18H,1H3,(H,30,34)/b29-18-. The zero-order valence-electron chi connectivity index (χ0n) is 19.3. The van der Waals surface area contributed by atoms with Gasteiger partial charge >= 0.3 is 0 Å². The van der Waals surface area contributed by atoms with Crippen molar-refractivity contribution in [3.05, 3.63) is 124 Å². The van der Waals surface area contributed by atoms with Crippen LogP contribution in [0.5, 0.6) is 0 Å². The number of fused-ring (bicyclic) bond motifs is 1. The van der Waals surface area contributed by atoms with Gasteiger partial charge in [0, 0.05) is 11.6 Å². The van der Waals surface area contributed by atoms with Crippen molar-refractivity contribution in [1.82, 2.24) is 15.2 Å². The van der Waals surface area contributed by atoms with Crippen molar-refractivity contribution in [2.45, 2.75) is 6.92 Å². The highest BCUT2D eigenvalue weighted by molar-refractivity contribution is 5.95. The van der Waals surface area contributed by atoms with Crippen molar-refractivity contribution in [3.63, 3.8) is 0 Å². The fourth-order valence-electron chi connectivity index (χ4n) is 3.98. The second-order valence-electron chi connectivity index (χ2n) is 8.24. The molecule has 1 aromatic heterocycles. The second-order valence-corrected chi connectivity index (χ2v) is 8.24. The third-order valence-electron chi connectivity index (χ3n) is 5.74. The Labute approximate surface area is 206 Å². The number of aromatic nitrogens is 2. The van der Waals surface area contributed by atoms with Crippen molar-refractivity contribution >= 4 is 28.6 Å². The highest BCUT2D eigenvalue weighted by Gasteiger charge is 2.17. The Balaban J connectivity index is 1.50. The fraction of sp³-hybridized carbons (Fsp3) is 0.0357. The Morgan fingerprint density at radius 1 is 0.944 bits per heavy atom. The van der Waals surface area contributed by atoms with Gasteiger partial charge in [-0.1, -0.05) is 60.7 Å². The minimum absolute atomic E-state index is 0.0992. The lowest BCUT2D eigenvalue weighted by atomic mass is 10.0. The lowest BCUT2D eigenvalue weighted by molar-refractivity contribution is -0.385. The summed E-state index contributed by atoms with van der Waals surface area (Å²) < 4.78 is 1.73. The number of nitro groups is 1. The number of hydrogen-bond acceptors (Lipinski definition) is 5. The predicted octanol–water partition coefficient (Wildman–Crippen LogP) is 5.67. The van der Waals surface area contributed by atoms with E-state index in [0.29, 0.717) is 0 Å². The number of hydrazone groups is 1. The molecular weight excluding hydrogens is 454 g/mol. The largest absolute Gasteiger partial charge is 0.291 e. The van der Waals surface area contributed by atoms with Crippen LogP contribution in [0.2, 0.25) is 0 Å². The summed E-state index contributed by atoms with van der Waals surface area (Å²) in [6.07, 6.45) is 1.25. The molecule has 0 atom stereocenters. The SMILES string of the molecule is Cc1cccc(-n2nc(C(=O)N/N=C\c3ccccc3[N+](=O)[O-])cc2-c2ccc3ccccc3c2)c1. The van der Waals surface area contributed by atoms with Crippen molar-refractivity contribution in [3.8, 4) is 16.9 Å². The van der Waals surface area contributed by atoms with E-state index in [1.807, 2.05) is 67.6 Å². The van der Waals surface area contributed by atoms with Gasteiger partial charge in [0.25, 0.3) is 11.6 Å². The quantitative estimate of drug-likeness (QED) is 0.194. The first-order valence-corrected chi connectivity index (χ1v) is 11.2. The minimum atomic E-state index is -0.529. The number of amides is 1. The maximum Gasteiger partial charge on any atom is 0.291 e. The zero-order chi connectivity index (χ0) is 25.1. The highest BCUT2D eigenvalue weighted by Crippen LogP contribution is 2.28. The first kappa shape index (κ1) is 22.7. The molecule has 0 fully saturated rings. The molecule has 0 aliphatic carbocycles. The summed E-state index contributed by atoms with van der Waals surface area (Å²) >= 11 is 0. The third kappa shape index (κ3) is 4.60. The molecule has 8 heteroatoms. The van der Waals surface area contributed by atoms with Gasteiger partial charge in [0.05, 0.1) is 28.1 Å². The number of carbonyl (C=O) groups excluding carboxylic acids is 1. The van der Waals surface area contributed by atoms with E-state index in [9.17, 15) is 14.9 Å². The molecule has 5 rings (SSSR count). The molecule has 0 saturated heterocycles. The van der Waals surface area contributed by atoms with Crippen molar-refractivity contribution in [2.75, 3.05) is 0 Å². The van der Waals surface area contributed by atoms with Gasteiger partial charge in [0.2, 0.25) is 0 Å². The maximum atomic E-state index is 12.9. The molecule has 8 nitrogen and oxygen atoms in total. The van der Waals surface area contributed by atoms with Crippen LogP contribution in [0.1, 0.15) is 21.6 Å². The Morgan fingerprint density at radius 2 is 1.72 bits per heavy atom. The molecule has 0 radical (unpaired) electrons. The normalized spacial score (nSPS) is 11.1. The van der Waals surface area contributed by atoms with E-state index in [0.717, 1.165) is 33.3 Å². The number of nitrogens with one attached hydrogen (secondary N) is 1. The monoisotopic (exact) mass is 475 g/mol. The third-order valence-corrected chi connectivity index (χ3v) is 5.74. The van der Waals surface area contributed by atoms with Gasteiger partial charge in [-0.15, -0.1) is 0 Å². The molecule has 0 bridgehead atoms. The average Bonchev–Trinajstić information content (AvgIpc) is 3.34. The van der Waals surface area contributed by atoms with Crippen molar-refractivity contribution in [1.29, 1.82) is 0 Å². The molecule has 0 aliphatic heterocycles. The van der Waals surface area contributed by atoms with Crippen molar-refractivity contribution in [2.24, 2.45) is 5.10 Å². The van der Waals surface area contributed by atoms with Crippen LogP contribution < -0.4 is 5.43 Å². The zero-order valence-corrected chi connectivity index (χ0v) is 19.3. The molecule has 1 heterocycles. The number of nitro benzene ring substituents is 1. The number of carbonyl (C=O) groups is 1. The van der Waals surface area contributed by atoms with Crippen LogP contribution in [0.15, 0.2) is 102 Å². The summed E-state index contributed by atoms with van der Waals surface area (Å²) in [5.41, 5.74) is 6.32. The molecule has 36 heavy (non-hydrogen) atoms. The molecular formula is C28H21N5O3. The number of para-hydroxylation sites is 1. The van der Waals surface area contributed by atoms with Crippen LogP contribution in [-0.4, -0.2) is 26.8 Å². The van der Waals surface area contributed by atoms with Gasteiger partial charge in [0.1, 0.15) is 0 Å². The summed E-state index contributed by atoms with van der Waals surface area (Å²) in [6.45, 7) is 1.99. The van der Waals surface area contributed by atoms with E-state index in [2.05, 4.69) is 21.7 Å². The van der Waals surface area contributed by atoms with Crippen LogP contribution in [0.4, 0.5) is 5.69 Å². The number of aryl methyl sites for hydroxylation is 1. The van der Waals surface area contributed by atoms with Gasteiger partial charge in [-0.05, 0) is 53.6 Å². The van der Waals surface area contributed by atoms with E-state index in [1.165, 1.54) is 12.3 Å². The number of rotatable bonds is 6. The first-order valence-electron chi connectivity index (χ1n) is 11.2. The highest BCUT2D eigenvalue weighted by atomic mass is 16.6. The van der Waals surface area contributed by atoms with E-state index < -0.39 is 10.8 Å². The summed E-state index contributed by atoms with van der Waals surface area (Å²) in [5, 5.41) is 21.9. The molecule has 4 aromatic carbocycles. The average molecular weight is 476 g/mol. The van der Waals surface area contributed by atoms with E-state index in [4.69, 9.17) is 0 Å². The minimum Gasteiger partial charge on any atom is -0.265 e. The molecule has 0 unspecified atom stereocenters. The summed E-state index contributed by atoms with van der Waals surface area (Å²) in [7, 11) is 0. The molecule has 1 N–H and O–H groups in total. The smallest absolute Gasteiger partial charge is 0.265 e. The second kappa shape index (κ2) is 9.63. The summed E-state index contributed by atoms with van der Waals surface area (Å²) in [4.78, 5) is 23.6. The van der Waals surface area contributed by atoms with Gasteiger partial charge in [-0.25, -0.2) is 10.1 Å². The Hall–Kier alpha value is -5.11. The van der Waals surface area contributed by atoms with Crippen LogP contribution in [0, 0.1) is 17.0 Å². The summed E-state index contributed by atoms with van der Waals surface area (Å²) in [6, 6.07) is 29.9. The van der Waals surface area contributed by atoms with Crippen LogP contribution >= 0.6 is 0 Å². The molecule has 5 aromatic rings. The van der Waals surface area contributed by atoms with E-state index in [1.54, 1.807) is 28.9 Å². The fourth-order valence-corrected chi connectivity index (χ4v) is 3.98. The van der Waals surface area contributed by atoms with Crippen LogP contribution in [-0.2, 0) is 0 Å². The number of hydrogen-bond donors (Lipinski definition) is 1. The summed E-state index contributed by atoms with van der Waals surface area (Å²) in [5.74, 6) is -0.529. The van der Waals surface area contributed by atoms with Crippen molar-refractivity contribution < 1.29 is 9.72 Å². The van der Waals surface area contributed by atoms with Gasteiger partial charge < -0.3 is 0 Å². The van der Waals surface area contributed by atoms with Gasteiger partial charge in [-0.2, -0.15) is 10.2 Å². The van der Waals surface area contributed by atoms with E-state index in [-0.39, 0.29) is 16.9 Å². The molecule has 0 spiro atoms. The predicted molar refractivity (Wildman–Crippen MR) is 139 cm³/mol. The first-order chi connectivity index (χ1) is 17.5. The molecule has 0 saturated carbocycles. The number of benzene rings is 4. The molecule has 1 amide bonds. The topological polar surface area (TPSA) is 102 Å². The van der Waals surface area contributed by atoms with E-state index >= 15 is 0 Å². The van der Waals surface area contributed by atoms with Gasteiger partial charge in [-0.3, -0.25) is 14.9 Å². The Kier molecular flexibility index (Phi) is 6.07. The Bertz CT molecular complexity index is 1640. The molecule has 0 aliphatic rings. The maximum absolute atomic E-state index is 12.9. The van der Waals surface area contributed by atoms with Crippen LogP contribution in [0.3, 0.4) is 0 Å². The van der Waals surface area contributed by atoms with Gasteiger partial charge in [0.15, 0.2) is 5.69 Å². The Morgan fingerprint density at radius 3 is 2.53 bits per heavy atom. The number of nitrogens with zero attached hydrogens (tertiary/aromatic N) is 4. The molecule has 176 valence electrons.